The molecule has 0 aliphatic carbocycles. The maximum Gasteiger partial charge on any atom is 0.243 e. The van der Waals surface area contributed by atoms with Crippen molar-refractivity contribution in [2.45, 2.75) is 206 Å². The van der Waals surface area contributed by atoms with Crippen LogP contribution in [0.4, 0.5) is 0 Å². The third kappa shape index (κ3) is 25.8. The SMILES string of the molecule is CCN[C@@H](C)C(=O)N[C@H]1CCCCNC(=O)C[C@@H](C(N)=O)NC(=O)[C@H](CC(N)=O)NC(=O)[C@H](CC(C)C)NC(=O)[C@H](Cc2c[nH]c3ccccc23)NC(=O)[C@@H](NC(=O)[C@H](C)CC)CCCCNC(=O)C[C@@H](C(N)=O)NC(=O)[C@H](CC(C)C)NC(=O)[C@H](Cc2c[nH]c3ccccc23)NC1=O. The van der Waals surface area contributed by atoms with Crippen molar-refractivity contribution < 1.29 is 67.1 Å². The van der Waals surface area contributed by atoms with Crippen molar-refractivity contribution in [3.05, 3.63) is 72.1 Å². The van der Waals surface area contributed by atoms with Crippen molar-refractivity contribution in [1.29, 1.82) is 0 Å². The lowest BCUT2D eigenvalue weighted by Crippen LogP contribution is -2.60. The Labute approximate surface area is 575 Å². The molecule has 31 nitrogen and oxygen atoms in total. The summed E-state index contributed by atoms with van der Waals surface area (Å²) in [5.74, 6) is -13.1. The normalized spacial score (nSPS) is 23.3. The maximum absolute atomic E-state index is 14.8. The van der Waals surface area contributed by atoms with Gasteiger partial charge in [-0.25, -0.2) is 0 Å². The first-order valence-electron chi connectivity index (χ1n) is 34.0. The van der Waals surface area contributed by atoms with Gasteiger partial charge >= 0.3 is 0 Å². The molecule has 0 saturated carbocycles. The summed E-state index contributed by atoms with van der Waals surface area (Å²) >= 11 is 0. The summed E-state index contributed by atoms with van der Waals surface area (Å²) in [5.41, 5.74) is 19.7. The molecule has 0 unspecified atom stereocenters. The summed E-state index contributed by atoms with van der Waals surface area (Å²) in [6.07, 6.45) is 1.97. The van der Waals surface area contributed by atoms with Crippen LogP contribution in [0.1, 0.15) is 144 Å². The summed E-state index contributed by atoms with van der Waals surface area (Å²) in [6, 6.07) is 0.442. The summed E-state index contributed by atoms with van der Waals surface area (Å²) < 4.78 is 0. The van der Waals surface area contributed by atoms with E-state index in [1.165, 1.54) is 0 Å². The van der Waals surface area contributed by atoms with Crippen molar-refractivity contribution in [3.63, 3.8) is 0 Å². The number of hydrogen-bond donors (Lipinski definition) is 17. The van der Waals surface area contributed by atoms with Crippen molar-refractivity contribution in [2.75, 3.05) is 19.6 Å². The number of nitrogens with two attached hydrogens (primary N) is 3. The Balaban J connectivity index is 1.51. The Hall–Kier alpha value is -9.94. The lowest BCUT2D eigenvalue weighted by molar-refractivity contribution is -0.136. The number of aromatic nitrogens is 2. The number of nitrogens with one attached hydrogen (secondary N) is 14. The van der Waals surface area contributed by atoms with Crippen molar-refractivity contribution in [1.82, 2.24) is 73.8 Å². The molecule has 99 heavy (non-hydrogen) atoms. The molecule has 31 heteroatoms. The lowest BCUT2D eigenvalue weighted by Gasteiger charge is -2.28. The van der Waals surface area contributed by atoms with Gasteiger partial charge in [0.1, 0.15) is 54.4 Å². The van der Waals surface area contributed by atoms with Crippen molar-refractivity contribution >= 4 is 105 Å². The highest BCUT2D eigenvalue weighted by atomic mass is 16.2. The van der Waals surface area contributed by atoms with Crippen LogP contribution in [-0.2, 0) is 80.0 Å². The number of fused-ring (bicyclic) bond motifs is 2. The number of benzene rings is 2. The van der Waals surface area contributed by atoms with E-state index in [1.807, 2.05) is 24.3 Å². The molecule has 0 spiro atoms. The zero-order valence-electron chi connectivity index (χ0n) is 57.7. The molecule has 5 rings (SSSR count). The van der Waals surface area contributed by atoms with Gasteiger partial charge in [-0.1, -0.05) is 84.9 Å². The first-order valence-corrected chi connectivity index (χ1v) is 34.0. The van der Waals surface area contributed by atoms with E-state index in [0.29, 0.717) is 35.0 Å². The van der Waals surface area contributed by atoms with E-state index >= 15 is 0 Å². The topological polar surface area (TPSA) is 493 Å². The molecule has 1 aliphatic rings. The molecular formula is C68H101N17O14. The van der Waals surface area contributed by atoms with Gasteiger partial charge in [-0.15, -0.1) is 0 Å². The van der Waals surface area contributed by atoms with Crippen LogP contribution < -0.4 is 81.0 Å². The molecule has 20 N–H and O–H groups in total. The number of likely N-dealkylation sites (N-methyl/N-ethyl adjacent to an activating group) is 1. The highest BCUT2D eigenvalue weighted by Crippen LogP contribution is 2.22. The van der Waals surface area contributed by atoms with Crippen LogP contribution in [0.15, 0.2) is 60.9 Å². The van der Waals surface area contributed by atoms with Gasteiger partial charge in [-0.05, 0) is 106 Å². The van der Waals surface area contributed by atoms with Gasteiger partial charge in [0.15, 0.2) is 0 Å². The minimum absolute atomic E-state index is 0.0157. The highest BCUT2D eigenvalue weighted by molar-refractivity contribution is 6.00. The van der Waals surface area contributed by atoms with Crippen LogP contribution in [0.25, 0.3) is 21.8 Å². The average molecular weight is 1380 g/mol. The number of hydrogen-bond acceptors (Lipinski definition) is 15. The molecule has 2 aromatic carbocycles. The number of amides is 14. The fourth-order valence-electron chi connectivity index (χ4n) is 11.3. The van der Waals surface area contributed by atoms with Gasteiger partial charge in [0, 0.05) is 66.0 Å². The smallest absolute Gasteiger partial charge is 0.243 e. The standard InChI is InChI=1S/C68H101N17O14/c1-9-38(7)60(91)77-46-23-15-17-25-73-56(87)32-48(58(70)89)79-64(95)50(27-36(3)4)81-66(97)53(30-41-35-76-45-22-14-12-20-43(41)45)84-63(94)47(78-61(92)39(8)72-10-2)24-16-18-26-74-57(88)33-49(59(71)90)80-68(99)54(31-55(69)86)85-65(96)51(28-37(5)6)82-67(98)52(83-62(46)93)29-40-34-75-44-21-13-11-19-42(40)44/h11-14,19-22,34-39,46-54,72,75-76H,9-10,15-18,23-33H2,1-8H3,(H2,69,86)(H2,70,89)(H2,71,90)(H,73,87)(H,74,88)(H,77,91)(H,78,92)(H,79,95)(H,80,99)(H,81,97)(H,82,98)(H,83,93)(H,84,94)(H,85,96)/t38-,39+,46+,47+,48+,49+,50+,51+,52+,53+,54+/m1/s1. The fourth-order valence-corrected chi connectivity index (χ4v) is 11.3. The molecule has 2 aromatic heterocycles. The second-order valence-corrected chi connectivity index (χ2v) is 26.1. The minimum Gasteiger partial charge on any atom is -0.370 e. The Bertz CT molecular complexity index is 3500. The average Bonchev–Trinajstić information content (AvgIpc) is 1.77. The van der Waals surface area contributed by atoms with E-state index in [0.717, 1.165) is 10.9 Å². The lowest BCUT2D eigenvalue weighted by atomic mass is 9.99. The number of aromatic amines is 2. The quantitative estimate of drug-likeness (QED) is 0.0544. The zero-order chi connectivity index (χ0) is 73.0. The van der Waals surface area contributed by atoms with Crippen LogP contribution in [0.3, 0.4) is 0 Å². The summed E-state index contributed by atoms with van der Waals surface area (Å²) in [6.45, 7) is 14.2. The summed E-state index contributed by atoms with van der Waals surface area (Å²) in [4.78, 5) is 200. The first kappa shape index (κ1) is 79.7. The number of rotatable bonds is 19. The number of carbonyl (C=O) groups is 14. The molecule has 0 radical (unpaired) electrons. The van der Waals surface area contributed by atoms with Gasteiger partial charge in [-0.2, -0.15) is 0 Å². The maximum atomic E-state index is 14.8. The van der Waals surface area contributed by atoms with Crippen molar-refractivity contribution in [3.8, 4) is 0 Å². The second-order valence-electron chi connectivity index (χ2n) is 26.1. The van der Waals surface area contributed by atoms with E-state index in [4.69, 9.17) is 17.2 Å². The summed E-state index contributed by atoms with van der Waals surface area (Å²) in [5, 5.41) is 33.7. The second kappa shape index (κ2) is 39.5. The summed E-state index contributed by atoms with van der Waals surface area (Å²) in [7, 11) is 0. The van der Waals surface area contributed by atoms with Gasteiger partial charge in [0.2, 0.25) is 82.7 Å². The molecule has 542 valence electrons. The number of primary amides is 3. The molecular weight excluding hydrogens is 1280 g/mol. The highest BCUT2D eigenvalue weighted by Gasteiger charge is 2.37. The number of para-hydroxylation sites is 2. The predicted octanol–water partition coefficient (Wildman–Crippen LogP) is -0.853. The van der Waals surface area contributed by atoms with Crippen LogP contribution in [0.5, 0.6) is 0 Å². The van der Waals surface area contributed by atoms with Crippen LogP contribution in [-0.4, -0.2) is 173 Å². The minimum atomic E-state index is -1.78. The van der Waals surface area contributed by atoms with Gasteiger partial charge in [-0.3, -0.25) is 67.1 Å². The molecule has 1 aliphatic heterocycles. The zero-order valence-corrected chi connectivity index (χ0v) is 57.7. The molecule has 0 bridgehead atoms. The third-order valence-electron chi connectivity index (χ3n) is 17.0. The van der Waals surface area contributed by atoms with Crippen LogP contribution >= 0.6 is 0 Å². The Morgan fingerprint density at radius 2 is 0.869 bits per heavy atom. The Morgan fingerprint density at radius 1 is 0.485 bits per heavy atom. The number of carbonyl (C=O) groups excluding carboxylic acids is 14. The molecule has 3 heterocycles. The molecule has 1 fully saturated rings. The fraction of sp³-hybridized carbons (Fsp3) is 0.559. The number of H-pyrrole nitrogens is 2. The molecule has 1 saturated heterocycles. The molecule has 4 aromatic rings. The van der Waals surface area contributed by atoms with E-state index in [1.54, 1.807) is 92.0 Å². The van der Waals surface area contributed by atoms with E-state index in [9.17, 15) is 67.1 Å². The molecule has 11 atom stereocenters. The largest absolute Gasteiger partial charge is 0.370 e. The van der Waals surface area contributed by atoms with Crippen molar-refractivity contribution in [2.24, 2.45) is 35.0 Å². The van der Waals surface area contributed by atoms with Crippen LogP contribution in [0, 0.1) is 17.8 Å². The van der Waals surface area contributed by atoms with E-state index in [2.05, 4.69) is 73.8 Å². The Morgan fingerprint density at radius 3 is 1.27 bits per heavy atom. The van der Waals surface area contributed by atoms with Gasteiger partial charge < -0.3 is 91.0 Å². The first-order chi connectivity index (χ1) is 47.0. The predicted molar refractivity (Wildman–Crippen MR) is 368 cm³/mol. The molecule has 14 amide bonds. The monoisotopic (exact) mass is 1380 g/mol. The van der Waals surface area contributed by atoms with Gasteiger partial charge in [0.25, 0.3) is 0 Å². The van der Waals surface area contributed by atoms with E-state index in [-0.39, 0.29) is 89.1 Å². The Kier molecular flexibility index (Phi) is 31.8. The van der Waals surface area contributed by atoms with E-state index < -0.39 is 168 Å². The third-order valence-corrected chi connectivity index (χ3v) is 17.0. The van der Waals surface area contributed by atoms with Gasteiger partial charge in [0.05, 0.1) is 25.3 Å². The van der Waals surface area contributed by atoms with Crippen LogP contribution in [0.2, 0.25) is 0 Å².